The van der Waals surface area contributed by atoms with Crippen LogP contribution in [0.5, 0.6) is 0 Å². The summed E-state index contributed by atoms with van der Waals surface area (Å²) >= 11 is 1.70. The van der Waals surface area contributed by atoms with E-state index in [1.807, 2.05) is 6.26 Å². The Morgan fingerprint density at radius 1 is 1.59 bits per heavy atom. The van der Waals surface area contributed by atoms with Crippen molar-refractivity contribution in [1.29, 1.82) is 0 Å². The summed E-state index contributed by atoms with van der Waals surface area (Å²) in [5.74, 6) is 0.969. The predicted molar refractivity (Wildman–Crippen MR) is 73.2 cm³/mol. The van der Waals surface area contributed by atoms with Crippen LogP contribution in [0.15, 0.2) is 11.6 Å². The molecule has 2 N–H and O–H groups in total. The Kier molecular flexibility index (Phi) is 7.37. The average molecular weight is 257 g/mol. The first-order valence-corrected chi connectivity index (χ1v) is 7.72. The molecule has 0 radical (unpaired) electrons. The van der Waals surface area contributed by atoms with E-state index in [4.69, 9.17) is 5.11 Å². The number of carbonyl (C=O) groups is 1. The van der Waals surface area contributed by atoms with E-state index in [2.05, 4.69) is 11.4 Å². The molecule has 1 unspecified atom stereocenters. The van der Waals surface area contributed by atoms with Gasteiger partial charge in [0.2, 0.25) is 5.91 Å². The maximum absolute atomic E-state index is 11.8. The van der Waals surface area contributed by atoms with Gasteiger partial charge in [-0.1, -0.05) is 11.6 Å². The van der Waals surface area contributed by atoms with Crippen molar-refractivity contribution >= 4 is 17.7 Å². The van der Waals surface area contributed by atoms with Crippen LogP contribution in [0, 0.1) is 0 Å². The summed E-state index contributed by atoms with van der Waals surface area (Å²) < 4.78 is 0. The van der Waals surface area contributed by atoms with E-state index < -0.39 is 0 Å². The van der Waals surface area contributed by atoms with Crippen LogP contribution in [0.1, 0.15) is 38.5 Å². The second-order valence-electron chi connectivity index (χ2n) is 4.52. The van der Waals surface area contributed by atoms with Crippen LogP contribution >= 0.6 is 11.8 Å². The van der Waals surface area contributed by atoms with Crippen molar-refractivity contribution in [3.05, 3.63) is 11.6 Å². The van der Waals surface area contributed by atoms with E-state index in [-0.39, 0.29) is 18.6 Å². The molecule has 0 aromatic carbocycles. The fourth-order valence-electron chi connectivity index (χ4n) is 2.10. The van der Waals surface area contributed by atoms with Crippen molar-refractivity contribution in [1.82, 2.24) is 5.32 Å². The Labute approximate surface area is 108 Å². The maximum atomic E-state index is 11.8. The summed E-state index contributed by atoms with van der Waals surface area (Å²) in [6, 6.07) is 0.103. The van der Waals surface area contributed by atoms with Crippen molar-refractivity contribution in [3.8, 4) is 0 Å². The fraction of sp³-hybridized carbons (Fsp3) is 0.769. The normalized spacial score (nSPS) is 17.4. The highest BCUT2D eigenvalue weighted by Crippen LogP contribution is 2.19. The molecule has 1 rings (SSSR count). The van der Waals surface area contributed by atoms with Crippen LogP contribution in [-0.2, 0) is 4.79 Å². The zero-order valence-corrected chi connectivity index (χ0v) is 11.4. The molecule has 1 atom stereocenters. The minimum atomic E-state index is 0.102. The van der Waals surface area contributed by atoms with Crippen LogP contribution in [0.3, 0.4) is 0 Å². The van der Waals surface area contributed by atoms with Crippen LogP contribution in [0.4, 0.5) is 0 Å². The molecular weight excluding hydrogens is 234 g/mol. The minimum Gasteiger partial charge on any atom is -0.396 e. The third-order valence-electron chi connectivity index (χ3n) is 2.98. The van der Waals surface area contributed by atoms with Gasteiger partial charge in [-0.25, -0.2) is 0 Å². The van der Waals surface area contributed by atoms with Crippen LogP contribution in [0.25, 0.3) is 0 Å². The van der Waals surface area contributed by atoms with Gasteiger partial charge in [-0.05, 0) is 38.4 Å². The Hall–Kier alpha value is -0.480. The third-order valence-corrected chi connectivity index (χ3v) is 3.72. The zero-order chi connectivity index (χ0) is 12.5. The number of aliphatic hydroxyl groups excluding tert-OH is 1. The van der Waals surface area contributed by atoms with Gasteiger partial charge in [0, 0.05) is 24.8 Å². The van der Waals surface area contributed by atoms with Gasteiger partial charge in [-0.15, -0.1) is 0 Å². The first-order valence-electron chi connectivity index (χ1n) is 6.33. The molecule has 3 nitrogen and oxygen atoms in total. The van der Waals surface area contributed by atoms with Gasteiger partial charge in [0.25, 0.3) is 0 Å². The summed E-state index contributed by atoms with van der Waals surface area (Å²) in [7, 11) is 0. The summed E-state index contributed by atoms with van der Waals surface area (Å²) in [6.07, 6.45) is 10.1. The minimum absolute atomic E-state index is 0.102. The fourth-order valence-corrected chi connectivity index (χ4v) is 2.76. The Morgan fingerprint density at radius 2 is 2.41 bits per heavy atom. The highest BCUT2D eigenvalue weighted by atomic mass is 32.2. The van der Waals surface area contributed by atoms with Crippen LogP contribution in [-0.4, -0.2) is 35.7 Å². The Morgan fingerprint density at radius 3 is 3.00 bits per heavy atom. The van der Waals surface area contributed by atoms with E-state index in [0.717, 1.165) is 18.6 Å². The van der Waals surface area contributed by atoms with E-state index in [1.54, 1.807) is 11.8 Å². The number of amides is 1. The number of aliphatic hydroxyl groups is 1. The molecule has 0 bridgehead atoms. The van der Waals surface area contributed by atoms with Gasteiger partial charge < -0.3 is 10.4 Å². The average Bonchev–Trinajstić information content (AvgIpc) is 2.30. The maximum Gasteiger partial charge on any atom is 0.224 e. The summed E-state index contributed by atoms with van der Waals surface area (Å²) in [4.78, 5) is 11.8. The van der Waals surface area contributed by atoms with E-state index >= 15 is 0 Å². The predicted octanol–water partition coefficient (Wildman–Crippen LogP) is 2.11. The number of allylic oxidation sites excluding steroid dienone is 1. The van der Waals surface area contributed by atoms with Crippen molar-refractivity contribution in [2.75, 3.05) is 18.6 Å². The molecular formula is C13H23NO2S. The molecule has 1 aliphatic carbocycles. The van der Waals surface area contributed by atoms with E-state index in [0.29, 0.717) is 12.8 Å². The van der Waals surface area contributed by atoms with Crippen LogP contribution < -0.4 is 5.32 Å². The van der Waals surface area contributed by atoms with Crippen molar-refractivity contribution < 1.29 is 9.90 Å². The van der Waals surface area contributed by atoms with Gasteiger partial charge in [0.1, 0.15) is 0 Å². The number of thioether (sulfide) groups is 1. The first kappa shape index (κ1) is 14.6. The van der Waals surface area contributed by atoms with Gasteiger partial charge in [-0.2, -0.15) is 11.8 Å². The van der Waals surface area contributed by atoms with Crippen molar-refractivity contribution in [2.45, 2.75) is 44.6 Å². The lowest BCUT2D eigenvalue weighted by Gasteiger charge is -2.18. The largest absolute Gasteiger partial charge is 0.396 e. The van der Waals surface area contributed by atoms with Gasteiger partial charge in [0.05, 0.1) is 0 Å². The zero-order valence-electron chi connectivity index (χ0n) is 10.6. The third kappa shape index (κ3) is 6.13. The lowest BCUT2D eigenvalue weighted by molar-refractivity contribution is -0.121. The van der Waals surface area contributed by atoms with Gasteiger partial charge >= 0.3 is 0 Å². The first-order chi connectivity index (χ1) is 8.26. The van der Waals surface area contributed by atoms with Gasteiger partial charge in [-0.3, -0.25) is 4.79 Å². The smallest absolute Gasteiger partial charge is 0.224 e. The van der Waals surface area contributed by atoms with E-state index in [9.17, 15) is 4.79 Å². The lowest BCUT2D eigenvalue weighted by atomic mass is 9.97. The number of hydrogen-bond donors (Lipinski definition) is 2. The second-order valence-corrected chi connectivity index (χ2v) is 5.43. The number of rotatable bonds is 7. The molecule has 0 aliphatic heterocycles. The summed E-state index contributed by atoms with van der Waals surface area (Å²) in [5, 5.41) is 11.9. The molecule has 0 spiro atoms. The molecule has 0 saturated heterocycles. The molecule has 0 heterocycles. The Balaban J connectivity index is 2.32. The SMILES string of the molecule is CSCC(CCO)NC(=O)CC1=CCCCC1. The molecule has 1 aliphatic rings. The molecule has 1 amide bonds. The summed E-state index contributed by atoms with van der Waals surface area (Å²) in [6.45, 7) is 0.133. The number of carbonyl (C=O) groups excluding carboxylic acids is 1. The molecule has 0 saturated carbocycles. The number of nitrogens with one attached hydrogen (secondary N) is 1. The van der Waals surface area contributed by atoms with Gasteiger partial charge in [0.15, 0.2) is 0 Å². The number of hydrogen-bond acceptors (Lipinski definition) is 3. The Bertz CT molecular complexity index is 260. The van der Waals surface area contributed by atoms with Crippen molar-refractivity contribution in [2.24, 2.45) is 0 Å². The molecule has 0 fully saturated rings. The molecule has 0 aromatic rings. The summed E-state index contributed by atoms with van der Waals surface area (Å²) in [5.41, 5.74) is 1.28. The monoisotopic (exact) mass is 257 g/mol. The topological polar surface area (TPSA) is 49.3 Å². The van der Waals surface area contributed by atoms with Crippen LogP contribution in [0.2, 0.25) is 0 Å². The second kappa shape index (κ2) is 8.59. The lowest BCUT2D eigenvalue weighted by Crippen LogP contribution is -2.37. The highest BCUT2D eigenvalue weighted by molar-refractivity contribution is 7.98. The molecule has 17 heavy (non-hydrogen) atoms. The van der Waals surface area contributed by atoms with E-state index in [1.165, 1.54) is 18.4 Å². The van der Waals surface area contributed by atoms with Crippen molar-refractivity contribution in [3.63, 3.8) is 0 Å². The molecule has 0 aromatic heterocycles. The highest BCUT2D eigenvalue weighted by Gasteiger charge is 2.13. The standard InChI is InChI=1S/C13H23NO2S/c1-17-10-12(7-8-15)14-13(16)9-11-5-3-2-4-6-11/h5,12,15H,2-4,6-10H2,1H3,(H,14,16). The quantitative estimate of drug-likeness (QED) is 0.687. The molecule has 4 heteroatoms. The molecule has 98 valence electrons.